The highest BCUT2D eigenvalue weighted by atomic mass is 16.5. The second kappa shape index (κ2) is 9.85. The molecular formula is C21H26N2O5. The lowest BCUT2D eigenvalue weighted by atomic mass is 10.2. The monoisotopic (exact) mass is 386 g/mol. The zero-order chi connectivity index (χ0) is 19.8. The van der Waals surface area contributed by atoms with Crippen LogP contribution in [-0.2, 0) is 9.53 Å². The zero-order valence-corrected chi connectivity index (χ0v) is 16.3. The van der Waals surface area contributed by atoms with E-state index in [9.17, 15) is 4.79 Å². The summed E-state index contributed by atoms with van der Waals surface area (Å²) in [6.45, 7) is 7.76. The fourth-order valence-corrected chi connectivity index (χ4v) is 2.96. The SMILES string of the molecule is CCOc1cc(N2CCOCC2)c(OCC)cc1NC(=O)/C=C/c1ccco1. The van der Waals surface area contributed by atoms with Gasteiger partial charge in [0.15, 0.2) is 0 Å². The fraction of sp³-hybridized carbons (Fsp3) is 0.381. The van der Waals surface area contributed by atoms with Crippen molar-refractivity contribution in [2.75, 3.05) is 49.7 Å². The molecule has 0 bridgehead atoms. The first-order chi connectivity index (χ1) is 13.7. The van der Waals surface area contributed by atoms with Gasteiger partial charge in [0.2, 0.25) is 5.91 Å². The number of rotatable bonds is 8. The molecule has 1 aliphatic rings. The topological polar surface area (TPSA) is 73.2 Å². The zero-order valence-electron chi connectivity index (χ0n) is 16.3. The minimum Gasteiger partial charge on any atom is -0.492 e. The molecule has 3 rings (SSSR count). The van der Waals surface area contributed by atoms with E-state index in [1.807, 2.05) is 26.0 Å². The number of carbonyl (C=O) groups excluding carboxylic acids is 1. The van der Waals surface area contributed by atoms with E-state index in [2.05, 4.69) is 10.2 Å². The molecule has 0 aliphatic carbocycles. The molecule has 1 aromatic carbocycles. The normalized spacial score (nSPS) is 14.3. The summed E-state index contributed by atoms with van der Waals surface area (Å²) >= 11 is 0. The highest BCUT2D eigenvalue weighted by molar-refractivity contribution is 6.03. The highest BCUT2D eigenvalue weighted by Crippen LogP contribution is 2.39. The molecule has 7 heteroatoms. The fourth-order valence-electron chi connectivity index (χ4n) is 2.96. The summed E-state index contributed by atoms with van der Waals surface area (Å²) in [6.07, 6.45) is 4.59. The molecule has 2 heterocycles. The van der Waals surface area contributed by atoms with Crippen molar-refractivity contribution in [2.45, 2.75) is 13.8 Å². The number of nitrogens with one attached hydrogen (secondary N) is 1. The van der Waals surface area contributed by atoms with E-state index in [-0.39, 0.29) is 5.91 Å². The minimum atomic E-state index is -0.279. The Bertz CT molecular complexity index is 795. The third kappa shape index (κ3) is 5.07. The second-order valence-corrected chi connectivity index (χ2v) is 6.12. The lowest BCUT2D eigenvalue weighted by molar-refractivity contribution is -0.111. The number of hydrogen-bond donors (Lipinski definition) is 1. The molecule has 1 amide bonds. The average molecular weight is 386 g/mol. The largest absolute Gasteiger partial charge is 0.492 e. The molecule has 0 unspecified atom stereocenters. The second-order valence-electron chi connectivity index (χ2n) is 6.12. The lowest BCUT2D eigenvalue weighted by Gasteiger charge is -2.31. The van der Waals surface area contributed by atoms with Crippen molar-refractivity contribution in [3.05, 3.63) is 42.4 Å². The molecule has 28 heavy (non-hydrogen) atoms. The van der Waals surface area contributed by atoms with Crippen LogP contribution >= 0.6 is 0 Å². The van der Waals surface area contributed by atoms with Crippen molar-refractivity contribution in [3.8, 4) is 11.5 Å². The molecule has 2 aromatic rings. The number of nitrogens with zero attached hydrogens (tertiary/aromatic N) is 1. The van der Waals surface area contributed by atoms with Crippen LogP contribution in [0.2, 0.25) is 0 Å². The van der Waals surface area contributed by atoms with Gasteiger partial charge < -0.3 is 28.8 Å². The first kappa shape index (κ1) is 19.8. The van der Waals surface area contributed by atoms with E-state index in [0.717, 1.165) is 18.8 Å². The van der Waals surface area contributed by atoms with Crippen LogP contribution < -0.4 is 19.7 Å². The Morgan fingerprint density at radius 3 is 2.61 bits per heavy atom. The number of anilines is 2. The first-order valence-corrected chi connectivity index (χ1v) is 9.50. The van der Waals surface area contributed by atoms with Crippen LogP contribution in [0.5, 0.6) is 11.5 Å². The number of benzene rings is 1. The van der Waals surface area contributed by atoms with E-state index in [0.29, 0.717) is 49.4 Å². The summed E-state index contributed by atoms with van der Waals surface area (Å²) in [5, 5.41) is 2.87. The van der Waals surface area contributed by atoms with E-state index < -0.39 is 0 Å². The molecule has 1 fully saturated rings. The molecule has 1 aliphatic heterocycles. The van der Waals surface area contributed by atoms with Crippen molar-refractivity contribution in [3.63, 3.8) is 0 Å². The van der Waals surface area contributed by atoms with Gasteiger partial charge in [-0.25, -0.2) is 0 Å². The van der Waals surface area contributed by atoms with Gasteiger partial charge >= 0.3 is 0 Å². The van der Waals surface area contributed by atoms with Gasteiger partial charge in [0.25, 0.3) is 0 Å². The summed E-state index contributed by atoms with van der Waals surface area (Å²) in [5.41, 5.74) is 1.51. The van der Waals surface area contributed by atoms with Crippen LogP contribution in [0.4, 0.5) is 11.4 Å². The van der Waals surface area contributed by atoms with Gasteiger partial charge in [0, 0.05) is 31.3 Å². The van der Waals surface area contributed by atoms with Crippen LogP contribution in [-0.4, -0.2) is 45.4 Å². The smallest absolute Gasteiger partial charge is 0.248 e. The number of amides is 1. The Morgan fingerprint density at radius 1 is 1.18 bits per heavy atom. The quantitative estimate of drug-likeness (QED) is 0.700. The van der Waals surface area contributed by atoms with Crippen molar-refractivity contribution in [1.29, 1.82) is 0 Å². The Kier molecular flexibility index (Phi) is 6.97. The number of carbonyl (C=O) groups is 1. The minimum absolute atomic E-state index is 0.279. The van der Waals surface area contributed by atoms with Gasteiger partial charge in [0.1, 0.15) is 17.3 Å². The molecule has 150 valence electrons. The summed E-state index contributed by atoms with van der Waals surface area (Å²) < 4.78 is 22.3. The number of morpholine rings is 1. The van der Waals surface area contributed by atoms with E-state index >= 15 is 0 Å². The van der Waals surface area contributed by atoms with E-state index in [4.69, 9.17) is 18.6 Å². The van der Waals surface area contributed by atoms with Crippen LogP contribution in [0.15, 0.2) is 41.0 Å². The first-order valence-electron chi connectivity index (χ1n) is 9.50. The molecule has 1 aromatic heterocycles. The van der Waals surface area contributed by atoms with Crippen molar-refractivity contribution >= 4 is 23.4 Å². The van der Waals surface area contributed by atoms with Crippen LogP contribution in [0.1, 0.15) is 19.6 Å². The Balaban J connectivity index is 1.85. The van der Waals surface area contributed by atoms with E-state index in [1.165, 1.54) is 6.08 Å². The maximum Gasteiger partial charge on any atom is 0.248 e. The van der Waals surface area contributed by atoms with Crippen molar-refractivity contribution in [2.24, 2.45) is 0 Å². The predicted molar refractivity (Wildman–Crippen MR) is 108 cm³/mol. The molecule has 1 N–H and O–H groups in total. The Morgan fingerprint density at radius 2 is 1.93 bits per heavy atom. The molecular weight excluding hydrogens is 360 g/mol. The van der Waals surface area contributed by atoms with Crippen LogP contribution in [0.25, 0.3) is 6.08 Å². The standard InChI is InChI=1S/C21H26N2O5/c1-3-26-19-15-18(23-9-12-25-13-10-23)20(27-4-2)14-17(19)22-21(24)8-7-16-6-5-11-28-16/h5-8,11,14-15H,3-4,9-10,12-13H2,1-2H3,(H,22,24)/b8-7+. The van der Waals surface area contributed by atoms with Gasteiger partial charge in [-0.3, -0.25) is 4.79 Å². The number of hydrogen-bond acceptors (Lipinski definition) is 6. The summed E-state index contributed by atoms with van der Waals surface area (Å²) in [4.78, 5) is 14.6. The molecule has 7 nitrogen and oxygen atoms in total. The number of ether oxygens (including phenoxy) is 3. The summed E-state index contributed by atoms with van der Waals surface area (Å²) in [5.74, 6) is 1.64. The molecule has 0 spiro atoms. The Labute approximate surface area is 164 Å². The highest BCUT2D eigenvalue weighted by Gasteiger charge is 2.20. The van der Waals surface area contributed by atoms with Crippen LogP contribution in [0, 0.1) is 0 Å². The molecule has 0 saturated carbocycles. The van der Waals surface area contributed by atoms with Crippen molar-refractivity contribution < 1.29 is 23.4 Å². The third-order valence-electron chi connectivity index (χ3n) is 4.21. The molecule has 1 saturated heterocycles. The van der Waals surface area contributed by atoms with Gasteiger partial charge in [-0.1, -0.05) is 0 Å². The molecule has 0 radical (unpaired) electrons. The molecule has 0 atom stereocenters. The van der Waals surface area contributed by atoms with Gasteiger partial charge in [0.05, 0.1) is 44.1 Å². The van der Waals surface area contributed by atoms with E-state index in [1.54, 1.807) is 24.5 Å². The third-order valence-corrected chi connectivity index (χ3v) is 4.21. The average Bonchev–Trinajstić information content (AvgIpc) is 3.23. The van der Waals surface area contributed by atoms with Gasteiger partial charge in [-0.05, 0) is 32.1 Å². The Hall–Kier alpha value is -2.93. The maximum absolute atomic E-state index is 12.4. The lowest BCUT2D eigenvalue weighted by Crippen LogP contribution is -2.36. The maximum atomic E-state index is 12.4. The number of furan rings is 1. The van der Waals surface area contributed by atoms with Gasteiger partial charge in [-0.2, -0.15) is 0 Å². The van der Waals surface area contributed by atoms with Gasteiger partial charge in [-0.15, -0.1) is 0 Å². The van der Waals surface area contributed by atoms with Crippen molar-refractivity contribution in [1.82, 2.24) is 0 Å². The summed E-state index contributed by atoms with van der Waals surface area (Å²) in [7, 11) is 0. The predicted octanol–water partition coefficient (Wildman–Crippen LogP) is 3.57. The van der Waals surface area contributed by atoms with Crippen LogP contribution in [0.3, 0.4) is 0 Å². The summed E-state index contributed by atoms with van der Waals surface area (Å²) in [6, 6.07) is 7.28.